The number of isocyanates is 1. The van der Waals surface area contributed by atoms with Crippen molar-refractivity contribution in [3.63, 3.8) is 0 Å². The molecule has 2 amide bonds. The molecule has 18 nitrogen and oxygen atoms in total. The van der Waals surface area contributed by atoms with Gasteiger partial charge in [0, 0.05) is 17.8 Å². The van der Waals surface area contributed by atoms with Crippen molar-refractivity contribution in [2.45, 2.75) is 83.1 Å². The predicted molar refractivity (Wildman–Crippen MR) is 224 cm³/mol. The van der Waals surface area contributed by atoms with Crippen molar-refractivity contribution in [3.05, 3.63) is 108 Å². The van der Waals surface area contributed by atoms with Crippen molar-refractivity contribution in [3.8, 4) is 23.0 Å². The van der Waals surface area contributed by atoms with Crippen LogP contribution in [-0.2, 0) is 30.7 Å². The number of aliphatic imine (C=N–C) groups is 1. The van der Waals surface area contributed by atoms with Crippen LogP contribution < -0.4 is 34.8 Å². The van der Waals surface area contributed by atoms with Crippen molar-refractivity contribution < 1.29 is 72.0 Å². The van der Waals surface area contributed by atoms with E-state index in [1.165, 1.54) is 54.6 Å². The summed E-state index contributed by atoms with van der Waals surface area (Å²) in [7, 11) is -8.12. The van der Waals surface area contributed by atoms with Gasteiger partial charge in [0.15, 0.2) is 0 Å². The van der Waals surface area contributed by atoms with Crippen molar-refractivity contribution in [2.75, 3.05) is 5.32 Å². The highest BCUT2D eigenvalue weighted by molar-refractivity contribution is 7.81. The second-order valence-corrected chi connectivity index (χ2v) is 14.6. The highest BCUT2D eigenvalue weighted by Crippen LogP contribution is 2.26. The number of hydrogen-bond acceptors (Lipinski definition) is 15. The van der Waals surface area contributed by atoms with Crippen LogP contribution in [0.25, 0.3) is 0 Å². The van der Waals surface area contributed by atoms with Crippen molar-refractivity contribution in [1.82, 2.24) is 5.32 Å². The summed E-state index contributed by atoms with van der Waals surface area (Å²) in [6.07, 6.45) is 8.82. The zero-order valence-corrected chi connectivity index (χ0v) is 34.3. The first-order valence-corrected chi connectivity index (χ1v) is 20.9. The fraction of sp³-hybridized carbons (Fsp3) is 0.317. The molecule has 4 aromatic carbocycles. The summed E-state index contributed by atoms with van der Waals surface area (Å²) in [6.45, 7) is 0.415. The number of nitrogens with zero attached hydrogens (tertiary/aromatic N) is 1. The summed E-state index contributed by atoms with van der Waals surface area (Å²) in [6, 6.07) is 24.0. The summed E-state index contributed by atoms with van der Waals surface area (Å²) in [5.74, 6) is 0.466. The van der Waals surface area contributed by atoms with E-state index in [9.17, 15) is 35.9 Å². The van der Waals surface area contributed by atoms with Gasteiger partial charge in [0.05, 0.1) is 23.5 Å². The minimum absolute atomic E-state index is 0. The lowest BCUT2D eigenvalue weighted by molar-refractivity contribution is -0.120. The van der Waals surface area contributed by atoms with Crippen molar-refractivity contribution >= 4 is 57.0 Å². The van der Waals surface area contributed by atoms with E-state index in [0.29, 0.717) is 29.7 Å². The van der Waals surface area contributed by atoms with Crippen LogP contribution in [0.1, 0.15) is 69.2 Å². The highest BCUT2D eigenvalue weighted by Gasteiger charge is 2.24. The number of nitrogens with two attached hydrogens (primary N) is 1. The number of carboxylic acid groups (broad SMARTS) is 1. The van der Waals surface area contributed by atoms with Gasteiger partial charge in [-0.05, 0) is 148 Å². The largest absolute Gasteiger partial charge is 0.490 e. The molecule has 0 bridgehead atoms. The predicted octanol–water partition coefficient (Wildman–Crippen LogP) is 6.79. The van der Waals surface area contributed by atoms with Gasteiger partial charge in [-0.2, -0.15) is 13.4 Å². The lowest BCUT2D eigenvalue weighted by Gasteiger charge is -2.29. The van der Waals surface area contributed by atoms with E-state index < -0.39 is 27.1 Å². The van der Waals surface area contributed by atoms with E-state index in [-0.39, 0.29) is 54.5 Å². The third-order valence-corrected chi connectivity index (χ3v) is 9.14. The molecule has 6 rings (SSSR count). The van der Waals surface area contributed by atoms with Crippen molar-refractivity contribution in [2.24, 2.45) is 10.7 Å². The number of ether oxygens (including phenoxy) is 3. The highest BCUT2D eigenvalue weighted by atomic mass is 32.3. The molecule has 22 heteroatoms. The Balaban J connectivity index is 0.000000327. The molecule has 0 heterocycles. The molecule has 63 heavy (non-hydrogen) atoms. The Kier molecular flexibility index (Phi) is 22.7. The van der Waals surface area contributed by atoms with Gasteiger partial charge in [-0.3, -0.25) is 4.79 Å². The summed E-state index contributed by atoms with van der Waals surface area (Å²) < 4.78 is 90.6. The van der Waals surface area contributed by atoms with Crippen LogP contribution in [0.15, 0.2) is 102 Å². The number of carboxylic acids is 1. The van der Waals surface area contributed by atoms with E-state index in [0.717, 1.165) is 69.2 Å². The molecule has 0 spiro atoms. The summed E-state index contributed by atoms with van der Waals surface area (Å²) >= 11 is 0. The first-order chi connectivity index (χ1) is 29.5. The van der Waals surface area contributed by atoms with Crippen LogP contribution in [0, 0.1) is 5.82 Å². The van der Waals surface area contributed by atoms with Crippen LogP contribution in [0.3, 0.4) is 0 Å². The number of aromatic carboxylic acids is 1. The van der Waals surface area contributed by atoms with E-state index >= 15 is 0 Å². The molecule has 0 radical (unpaired) electrons. The van der Waals surface area contributed by atoms with Crippen LogP contribution in [0.5, 0.6) is 23.0 Å². The Morgan fingerprint density at radius 3 is 1.68 bits per heavy atom. The monoisotopic (exact) mass is 920 g/mol. The third kappa shape index (κ3) is 22.1. The fourth-order valence-corrected chi connectivity index (χ4v) is 6.22. The van der Waals surface area contributed by atoms with Gasteiger partial charge in [-0.15, -0.1) is 12.6 Å². The van der Waals surface area contributed by atoms with E-state index in [2.05, 4.69) is 19.8 Å². The molecular weight excluding hydrogens is 875 g/mol. The molecule has 4 aromatic rings. The minimum atomic E-state index is -5.01. The van der Waals surface area contributed by atoms with Crippen LogP contribution >= 0.6 is 0 Å². The van der Waals surface area contributed by atoms with Crippen LogP contribution in [-0.4, -0.2) is 75.0 Å². The molecule has 0 atom stereocenters. The number of rotatable bonds is 12. The molecule has 0 saturated heterocycles. The van der Waals surface area contributed by atoms with E-state index in [1.807, 2.05) is 12.1 Å². The molecule has 0 unspecified atom stereocenters. The van der Waals surface area contributed by atoms with Gasteiger partial charge in [0.2, 0.25) is 6.08 Å². The normalized spacial score (nSPS) is 17.4. The average molecular weight is 921 g/mol. The van der Waals surface area contributed by atoms with Gasteiger partial charge >= 0.3 is 33.1 Å². The maximum Gasteiger partial charge on any atom is 0.488 e. The van der Waals surface area contributed by atoms with E-state index in [4.69, 9.17) is 37.7 Å². The van der Waals surface area contributed by atoms with Gasteiger partial charge in [-0.1, -0.05) is 11.3 Å². The minimum Gasteiger partial charge on any atom is -0.490 e. The first-order valence-electron chi connectivity index (χ1n) is 18.6. The van der Waals surface area contributed by atoms with Gasteiger partial charge in [0.25, 0.3) is 6.47 Å². The average Bonchev–Trinajstić information content (AvgIpc) is 3.22. The quantitative estimate of drug-likeness (QED) is 0.0493. The van der Waals surface area contributed by atoms with Crippen LogP contribution in [0.2, 0.25) is 0 Å². The lowest BCUT2D eigenvalue weighted by Crippen LogP contribution is -2.41. The number of carbonyl (C=O) groups is 3. The maximum atomic E-state index is 12.9. The number of anilines is 1. The molecule has 2 saturated carbocycles. The number of hydrogen-bond donors (Lipinski definition) is 4. The smallest absolute Gasteiger partial charge is 0.488 e. The Hall–Kier alpha value is -6.74. The number of halogens is 2. The SMILES string of the molecule is C.NC1CCC(Oc2ccc(OC=O)cc2)CC1.O=C(Nc1ccc(F)cc1)NC1CCC(Oc2ccc(C(=O)O)cc2)CC1.O=C=Nc1ccc(OS(=O)(=O)F)cc1.O=S(=O)=O. The fourth-order valence-electron chi connectivity index (χ4n) is 5.87. The molecule has 340 valence electrons. The Morgan fingerprint density at radius 2 is 1.22 bits per heavy atom. The number of carbonyl (C=O) groups excluding carboxylic acids is 3. The lowest BCUT2D eigenvalue weighted by atomic mass is 9.93. The zero-order valence-electron chi connectivity index (χ0n) is 32.6. The third-order valence-electron chi connectivity index (χ3n) is 8.75. The molecule has 2 aliphatic carbocycles. The molecule has 2 fully saturated rings. The second-order valence-electron chi connectivity index (χ2n) is 13.2. The number of benzene rings is 4. The summed E-state index contributed by atoms with van der Waals surface area (Å²) in [5, 5.41) is 14.5. The second kappa shape index (κ2) is 27.3. The van der Waals surface area contributed by atoms with Gasteiger partial charge in [0.1, 0.15) is 28.8 Å². The van der Waals surface area contributed by atoms with Crippen molar-refractivity contribution in [1.29, 1.82) is 0 Å². The van der Waals surface area contributed by atoms with Gasteiger partial charge in [-0.25, -0.2) is 18.8 Å². The van der Waals surface area contributed by atoms with Gasteiger partial charge < -0.3 is 39.9 Å². The Morgan fingerprint density at radius 1 is 0.762 bits per heavy atom. The zero-order chi connectivity index (χ0) is 45.5. The number of urea groups is 1. The van der Waals surface area contributed by atoms with Crippen LogP contribution in [0.4, 0.5) is 24.4 Å². The maximum absolute atomic E-state index is 12.9. The molecule has 2 aliphatic rings. The standard InChI is InChI=1S/C20H21FN2O4.C13H17NO3.C7H4FNO4S.CH4.O3S/c21-14-3-5-15(6-4-14)22-20(26)23-16-7-11-18(12-8-16)27-17-9-1-13(2-10-17)19(24)25;14-10-1-3-12(4-2-10)17-13-7-5-11(6-8-13)16-9-15;8-14(11,12)13-7-3-1-6(2-4-7)9-5-10;;1-4(2)3/h1-6,9-10,16,18H,7-8,11-12H2,(H,24,25)(H2,22,23,26);5-10,12H,1-4,14H2;1-4H;1H4;. The number of amides is 2. The molecule has 5 N–H and O–H groups in total. The Labute approximate surface area is 363 Å². The topological polar surface area (TPSA) is 273 Å². The van der Waals surface area contributed by atoms with E-state index in [1.54, 1.807) is 24.3 Å². The molecular formula is C41H46F2N4O14S2. The Bertz CT molecular complexity index is 2300. The molecule has 0 aliphatic heterocycles. The molecule has 0 aromatic heterocycles. The number of nitrogens with one attached hydrogen (secondary N) is 2. The summed E-state index contributed by atoms with van der Waals surface area (Å²) in [5.41, 5.74) is 6.87. The first kappa shape index (κ1) is 52.4. The summed E-state index contributed by atoms with van der Waals surface area (Å²) in [4.78, 5) is 46.1.